The fraction of sp³-hybridized carbons (Fsp3) is 0.200. The van der Waals surface area contributed by atoms with Gasteiger partial charge >= 0.3 is 0 Å². The van der Waals surface area contributed by atoms with Crippen molar-refractivity contribution in [2.45, 2.75) is 18.7 Å². The molecule has 1 aliphatic rings. The lowest BCUT2D eigenvalue weighted by Crippen LogP contribution is -2.27. The molecule has 2 amide bonds. The van der Waals surface area contributed by atoms with E-state index in [1.807, 2.05) is 41.3 Å². The number of nitrogens with zero attached hydrogens (tertiary/aromatic N) is 1. The molecule has 1 atom stereocenters. The van der Waals surface area contributed by atoms with E-state index in [0.717, 1.165) is 17.7 Å². The molecule has 0 aliphatic carbocycles. The van der Waals surface area contributed by atoms with Gasteiger partial charge in [-0.3, -0.25) is 14.5 Å². The number of hydrogen-bond donors (Lipinski definition) is 1. The van der Waals surface area contributed by atoms with Gasteiger partial charge in [-0.2, -0.15) is 0 Å². The third-order valence-corrected chi connectivity index (χ3v) is 6.48. The minimum absolute atomic E-state index is 0.0778. The van der Waals surface area contributed by atoms with E-state index in [1.54, 1.807) is 43.1 Å². The average Bonchev–Trinajstić information content (AvgIpc) is 3.21. The van der Waals surface area contributed by atoms with Crippen LogP contribution in [0.4, 0.5) is 11.4 Å². The molecular formula is C25H24N2O3S. The van der Waals surface area contributed by atoms with Crippen LogP contribution in [-0.2, 0) is 11.2 Å². The van der Waals surface area contributed by atoms with Crippen molar-refractivity contribution in [1.82, 2.24) is 0 Å². The first kappa shape index (κ1) is 21.0. The van der Waals surface area contributed by atoms with Crippen LogP contribution in [-0.4, -0.2) is 24.7 Å². The molecule has 31 heavy (non-hydrogen) atoms. The summed E-state index contributed by atoms with van der Waals surface area (Å²) in [5.74, 6) is 1.09. The van der Waals surface area contributed by atoms with E-state index in [1.165, 1.54) is 5.56 Å². The van der Waals surface area contributed by atoms with E-state index in [9.17, 15) is 9.59 Å². The molecule has 6 heteroatoms. The highest BCUT2D eigenvalue weighted by Gasteiger charge is 2.34. The summed E-state index contributed by atoms with van der Waals surface area (Å²) in [5, 5.41) is 2.84. The zero-order valence-electron chi connectivity index (χ0n) is 17.5. The fourth-order valence-electron chi connectivity index (χ4n) is 3.55. The van der Waals surface area contributed by atoms with E-state index in [4.69, 9.17) is 4.74 Å². The number of methoxy groups -OCH3 is 1. The highest BCUT2D eigenvalue weighted by atomic mass is 32.2. The highest BCUT2D eigenvalue weighted by molar-refractivity contribution is 8.00. The summed E-state index contributed by atoms with van der Waals surface area (Å²) < 4.78 is 5.13. The zero-order valence-corrected chi connectivity index (χ0v) is 18.3. The summed E-state index contributed by atoms with van der Waals surface area (Å²) in [6.45, 7) is 2.11. The van der Waals surface area contributed by atoms with Gasteiger partial charge in [-0.15, -0.1) is 11.8 Å². The Balaban J connectivity index is 1.50. The molecule has 158 valence electrons. The van der Waals surface area contributed by atoms with Gasteiger partial charge in [0.1, 0.15) is 11.1 Å². The third-order valence-electron chi connectivity index (χ3n) is 5.27. The molecule has 4 rings (SSSR count). The van der Waals surface area contributed by atoms with E-state index in [2.05, 4.69) is 24.4 Å². The Kier molecular flexibility index (Phi) is 6.28. The molecule has 1 heterocycles. The number of thioether (sulfide) groups is 1. The molecule has 1 fully saturated rings. The van der Waals surface area contributed by atoms with Gasteiger partial charge in [-0.25, -0.2) is 0 Å². The Morgan fingerprint density at radius 2 is 1.84 bits per heavy atom. The van der Waals surface area contributed by atoms with Crippen LogP contribution in [0.2, 0.25) is 0 Å². The average molecular weight is 433 g/mol. The van der Waals surface area contributed by atoms with Crippen LogP contribution >= 0.6 is 11.8 Å². The highest BCUT2D eigenvalue weighted by Crippen LogP contribution is 2.42. The summed E-state index contributed by atoms with van der Waals surface area (Å²) in [7, 11) is 1.59. The number of aryl methyl sites for hydroxylation is 1. The number of carbonyl (C=O) groups excluding carboxylic acids is 2. The predicted molar refractivity (Wildman–Crippen MR) is 126 cm³/mol. The fourth-order valence-corrected chi connectivity index (χ4v) is 4.73. The van der Waals surface area contributed by atoms with E-state index >= 15 is 0 Å². The van der Waals surface area contributed by atoms with Gasteiger partial charge in [-0.1, -0.05) is 31.2 Å². The molecule has 5 nitrogen and oxygen atoms in total. The lowest BCUT2D eigenvalue weighted by atomic mass is 10.1. The molecule has 1 saturated heterocycles. The molecule has 0 radical (unpaired) electrons. The second kappa shape index (κ2) is 9.27. The minimum atomic E-state index is -0.182. The van der Waals surface area contributed by atoms with Gasteiger partial charge in [0.05, 0.1) is 12.9 Å². The van der Waals surface area contributed by atoms with Crippen LogP contribution in [0.1, 0.15) is 33.8 Å². The minimum Gasteiger partial charge on any atom is -0.497 e. The van der Waals surface area contributed by atoms with Gasteiger partial charge in [0.15, 0.2) is 0 Å². The maximum Gasteiger partial charge on any atom is 0.255 e. The smallest absolute Gasteiger partial charge is 0.255 e. The molecule has 3 aromatic carbocycles. The second-order valence-electron chi connectivity index (χ2n) is 7.26. The third kappa shape index (κ3) is 4.59. The van der Waals surface area contributed by atoms with E-state index in [-0.39, 0.29) is 17.2 Å². The monoisotopic (exact) mass is 432 g/mol. The number of anilines is 2. The topological polar surface area (TPSA) is 58.6 Å². The Morgan fingerprint density at radius 1 is 1.10 bits per heavy atom. The van der Waals surface area contributed by atoms with Crippen LogP contribution in [0.25, 0.3) is 0 Å². The van der Waals surface area contributed by atoms with Gasteiger partial charge in [0.2, 0.25) is 5.91 Å². The maximum absolute atomic E-state index is 12.6. The largest absolute Gasteiger partial charge is 0.497 e. The first-order valence-corrected chi connectivity index (χ1v) is 11.2. The first-order chi connectivity index (χ1) is 15.1. The van der Waals surface area contributed by atoms with E-state index < -0.39 is 0 Å². The Morgan fingerprint density at radius 3 is 2.52 bits per heavy atom. The van der Waals surface area contributed by atoms with Crippen LogP contribution in [0, 0.1) is 0 Å². The van der Waals surface area contributed by atoms with Gasteiger partial charge in [0.25, 0.3) is 5.91 Å². The Hall–Kier alpha value is -3.25. The lowest BCUT2D eigenvalue weighted by molar-refractivity contribution is -0.115. The maximum atomic E-state index is 12.6. The molecule has 0 saturated carbocycles. The Bertz CT molecular complexity index is 1080. The summed E-state index contributed by atoms with van der Waals surface area (Å²) in [6.07, 6.45) is 0.927. The van der Waals surface area contributed by atoms with Crippen molar-refractivity contribution in [2.24, 2.45) is 0 Å². The molecular weight excluding hydrogens is 408 g/mol. The summed E-state index contributed by atoms with van der Waals surface area (Å²) >= 11 is 1.62. The predicted octanol–water partition coefficient (Wildman–Crippen LogP) is 5.29. The van der Waals surface area contributed by atoms with Crippen LogP contribution in [0.15, 0.2) is 72.8 Å². The van der Waals surface area contributed by atoms with Crippen LogP contribution in [0.3, 0.4) is 0 Å². The van der Waals surface area contributed by atoms with Crippen molar-refractivity contribution < 1.29 is 14.3 Å². The summed E-state index contributed by atoms with van der Waals surface area (Å²) in [6, 6.07) is 22.8. The zero-order chi connectivity index (χ0) is 21.8. The molecule has 1 aliphatic heterocycles. The summed E-state index contributed by atoms with van der Waals surface area (Å²) in [4.78, 5) is 27.0. The van der Waals surface area contributed by atoms with Crippen molar-refractivity contribution in [2.75, 3.05) is 23.1 Å². The summed E-state index contributed by atoms with van der Waals surface area (Å²) in [5.41, 5.74) is 4.43. The first-order valence-electron chi connectivity index (χ1n) is 10.2. The van der Waals surface area contributed by atoms with Crippen molar-refractivity contribution >= 4 is 35.0 Å². The number of carbonyl (C=O) groups is 2. The lowest BCUT2D eigenvalue weighted by Gasteiger charge is -2.25. The Labute approximate surface area is 186 Å². The van der Waals surface area contributed by atoms with Crippen molar-refractivity contribution in [3.05, 3.63) is 89.5 Å². The number of hydrogen-bond acceptors (Lipinski definition) is 4. The molecule has 1 N–H and O–H groups in total. The van der Waals surface area contributed by atoms with Gasteiger partial charge < -0.3 is 10.1 Å². The van der Waals surface area contributed by atoms with Crippen molar-refractivity contribution in [1.29, 1.82) is 0 Å². The molecule has 0 bridgehead atoms. The number of ether oxygens (including phenoxy) is 1. The van der Waals surface area contributed by atoms with Crippen molar-refractivity contribution in [3.8, 4) is 5.75 Å². The molecule has 0 aromatic heterocycles. The number of rotatable bonds is 6. The van der Waals surface area contributed by atoms with Gasteiger partial charge in [-0.05, 0) is 66.1 Å². The molecule has 0 spiro atoms. The quantitative estimate of drug-likeness (QED) is 0.575. The second-order valence-corrected chi connectivity index (χ2v) is 8.32. The van der Waals surface area contributed by atoms with Crippen LogP contribution < -0.4 is 15.0 Å². The molecule has 3 aromatic rings. The van der Waals surface area contributed by atoms with Crippen LogP contribution in [0.5, 0.6) is 5.75 Å². The SMILES string of the molecule is CCc1cccc(N2C(=O)CSC2c2ccc(NC(=O)c3ccc(OC)cc3)cc2)c1. The number of amides is 2. The number of benzene rings is 3. The van der Waals surface area contributed by atoms with Crippen molar-refractivity contribution in [3.63, 3.8) is 0 Å². The molecule has 1 unspecified atom stereocenters. The standard InChI is InChI=1S/C25H24N2O3S/c1-3-17-5-4-6-21(15-17)27-23(28)16-31-25(27)19-7-11-20(12-8-19)26-24(29)18-9-13-22(30-2)14-10-18/h4-15,25H,3,16H2,1-2H3,(H,26,29). The van der Waals surface area contributed by atoms with Gasteiger partial charge in [0, 0.05) is 16.9 Å². The number of nitrogens with one attached hydrogen (secondary N) is 1. The normalized spacial score (nSPS) is 15.7. The van der Waals surface area contributed by atoms with E-state index in [0.29, 0.717) is 22.8 Å².